The fraction of sp³-hybridized carbons (Fsp3) is 0.423. The number of methoxy groups -OCH3 is 1. The number of fused-ring (bicyclic) bond motifs is 3. The van der Waals surface area contributed by atoms with Crippen LogP contribution in [0.4, 0.5) is 5.69 Å². The van der Waals surface area contributed by atoms with E-state index in [4.69, 9.17) is 4.74 Å². The van der Waals surface area contributed by atoms with Crippen molar-refractivity contribution in [2.45, 2.75) is 50.6 Å². The Bertz CT molecular complexity index is 1290. The second kappa shape index (κ2) is 8.21. The van der Waals surface area contributed by atoms with Crippen LogP contribution in [0.1, 0.15) is 61.3 Å². The van der Waals surface area contributed by atoms with Crippen LogP contribution in [-0.4, -0.2) is 38.4 Å². The molecule has 2 aliphatic rings. The lowest BCUT2D eigenvalue weighted by molar-refractivity contribution is 0.312. The van der Waals surface area contributed by atoms with Gasteiger partial charge >= 0.3 is 0 Å². The highest BCUT2D eigenvalue weighted by Crippen LogP contribution is 2.43. The molecule has 0 radical (unpaired) electrons. The van der Waals surface area contributed by atoms with Crippen LogP contribution in [0.25, 0.3) is 10.9 Å². The first kappa shape index (κ1) is 20.3. The number of anilines is 1. The van der Waals surface area contributed by atoms with E-state index in [1.807, 2.05) is 6.07 Å². The molecule has 6 rings (SSSR count). The van der Waals surface area contributed by atoms with Gasteiger partial charge in [-0.3, -0.25) is 0 Å². The van der Waals surface area contributed by atoms with Crippen LogP contribution in [0, 0.1) is 0 Å². The quantitative estimate of drug-likeness (QED) is 0.453. The van der Waals surface area contributed by atoms with E-state index in [9.17, 15) is 0 Å². The first-order valence-electron chi connectivity index (χ1n) is 12.0. The molecular weight excluding hydrogens is 412 g/mol. The first-order valence-corrected chi connectivity index (χ1v) is 12.0. The molecule has 7 nitrogen and oxygen atoms in total. The van der Waals surface area contributed by atoms with E-state index in [-0.39, 0.29) is 6.04 Å². The summed E-state index contributed by atoms with van der Waals surface area (Å²) in [7, 11) is 3.90. The highest BCUT2D eigenvalue weighted by Gasteiger charge is 2.38. The number of ether oxygens (including phenoxy) is 1. The Morgan fingerprint density at radius 1 is 1.00 bits per heavy atom. The van der Waals surface area contributed by atoms with Crippen LogP contribution in [0.3, 0.4) is 0 Å². The minimum absolute atomic E-state index is 0.0600. The van der Waals surface area contributed by atoms with Crippen molar-refractivity contribution < 1.29 is 4.74 Å². The summed E-state index contributed by atoms with van der Waals surface area (Å²) in [6.07, 6.45) is 7.06. The van der Waals surface area contributed by atoms with Gasteiger partial charge in [0.2, 0.25) is 0 Å². The van der Waals surface area contributed by atoms with Crippen LogP contribution in [0.5, 0.6) is 5.75 Å². The monoisotopic (exact) mass is 442 g/mol. The second-order valence-corrected chi connectivity index (χ2v) is 9.26. The molecule has 1 fully saturated rings. The van der Waals surface area contributed by atoms with Crippen LogP contribution in [0.2, 0.25) is 0 Å². The van der Waals surface area contributed by atoms with Gasteiger partial charge in [-0.05, 0) is 53.5 Å². The number of aryl methyl sites for hydroxylation is 1. The van der Waals surface area contributed by atoms with Crippen LogP contribution < -0.4 is 9.64 Å². The number of tetrazole rings is 1. The van der Waals surface area contributed by atoms with E-state index in [1.165, 1.54) is 41.4 Å². The summed E-state index contributed by atoms with van der Waals surface area (Å²) in [5.74, 6) is 1.80. The zero-order valence-electron chi connectivity index (χ0n) is 19.3. The van der Waals surface area contributed by atoms with Gasteiger partial charge in [-0.1, -0.05) is 43.5 Å². The Labute approximate surface area is 194 Å². The fourth-order valence-electron chi connectivity index (χ4n) is 5.91. The number of benzene rings is 2. The van der Waals surface area contributed by atoms with Crippen molar-refractivity contribution in [2.24, 2.45) is 7.05 Å². The predicted molar refractivity (Wildman–Crippen MR) is 129 cm³/mol. The zero-order valence-corrected chi connectivity index (χ0v) is 19.3. The van der Waals surface area contributed by atoms with Crippen molar-refractivity contribution in [3.05, 3.63) is 65.6 Å². The Balaban J connectivity index is 1.55. The Hall–Kier alpha value is -3.35. The Morgan fingerprint density at radius 3 is 2.70 bits per heavy atom. The third-order valence-corrected chi connectivity index (χ3v) is 7.50. The average Bonchev–Trinajstić information content (AvgIpc) is 3.48. The van der Waals surface area contributed by atoms with Crippen molar-refractivity contribution in [1.82, 2.24) is 24.8 Å². The molecule has 0 saturated heterocycles. The molecule has 0 bridgehead atoms. The smallest absolute Gasteiger partial charge is 0.180 e. The molecule has 170 valence electrons. The molecule has 33 heavy (non-hydrogen) atoms. The van der Waals surface area contributed by atoms with Crippen molar-refractivity contribution >= 4 is 16.6 Å². The molecular formula is C26H30N6O. The van der Waals surface area contributed by atoms with Crippen molar-refractivity contribution in [3.63, 3.8) is 0 Å². The largest absolute Gasteiger partial charge is 0.497 e. The van der Waals surface area contributed by atoms with Crippen molar-refractivity contribution in [3.8, 4) is 5.75 Å². The summed E-state index contributed by atoms with van der Waals surface area (Å²) >= 11 is 0. The lowest BCUT2D eigenvalue weighted by Gasteiger charge is -2.38. The summed E-state index contributed by atoms with van der Waals surface area (Å²) in [5.41, 5.74) is 5.10. The van der Waals surface area contributed by atoms with E-state index < -0.39 is 0 Å². The highest BCUT2D eigenvalue weighted by molar-refractivity contribution is 5.86. The van der Waals surface area contributed by atoms with E-state index in [0.717, 1.165) is 43.1 Å². The number of nitrogens with zero attached hydrogens (tertiary/aromatic N) is 6. The topological polar surface area (TPSA) is 61.0 Å². The molecule has 1 aliphatic heterocycles. The zero-order chi connectivity index (χ0) is 22.4. The van der Waals surface area contributed by atoms with E-state index in [2.05, 4.69) is 79.2 Å². The normalized spacial score (nSPS) is 19.1. The molecule has 2 aromatic carbocycles. The van der Waals surface area contributed by atoms with Crippen LogP contribution >= 0.6 is 0 Å². The second-order valence-electron chi connectivity index (χ2n) is 9.26. The fourth-order valence-corrected chi connectivity index (χ4v) is 5.91. The molecule has 1 aliphatic carbocycles. The first-order chi connectivity index (χ1) is 16.3. The summed E-state index contributed by atoms with van der Waals surface area (Å²) in [4.78, 5) is 2.45. The van der Waals surface area contributed by atoms with Gasteiger partial charge in [-0.25, -0.2) is 4.68 Å². The number of rotatable bonds is 4. The van der Waals surface area contributed by atoms with E-state index in [1.54, 1.807) is 7.11 Å². The van der Waals surface area contributed by atoms with Crippen molar-refractivity contribution in [1.29, 1.82) is 0 Å². The predicted octanol–water partition coefficient (Wildman–Crippen LogP) is 4.83. The lowest BCUT2D eigenvalue weighted by Crippen LogP contribution is -2.39. The summed E-state index contributed by atoms with van der Waals surface area (Å²) < 4.78 is 10.0. The summed E-state index contributed by atoms with van der Waals surface area (Å²) in [6, 6.07) is 17.4. The molecule has 3 heterocycles. The average molecular weight is 443 g/mol. The molecule has 1 saturated carbocycles. The van der Waals surface area contributed by atoms with Crippen LogP contribution in [-0.2, 0) is 13.5 Å². The lowest BCUT2D eigenvalue weighted by atomic mass is 9.93. The van der Waals surface area contributed by atoms with Gasteiger partial charge in [-0.15, -0.1) is 5.10 Å². The molecule has 4 aromatic rings. The van der Waals surface area contributed by atoms with Gasteiger partial charge in [-0.2, -0.15) is 0 Å². The summed E-state index contributed by atoms with van der Waals surface area (Å²) in [5, 5.41) is 14.7. The van der Waals surface area contributed by atoms with Gasteiger partial charge < -0.3 is 14.2 Å². The standard InChI is InChI=1S/C26H30N6O/c1-30-23-14-7-6-13-21(23)22-15-16-31(19-11-8-12-20(17-19)33-2)25(24(22)30)26-27-28-29-32(26)18-9-4-3-5-10-18/h6-8,11-14,17-18,25H,3-5,9-10,15-16H2,1-2H3. The minimum atomic E-state index is -0.0600. The SMILES string of the molecule is COc1cccc(N2CCc3c(n(C)c4ccccc34)C2c2nnnn2C2CCCCC2)c1. The maximum Gasteiger partial charge on any atom is 0.180 e. The number of hydrogen-bond acceptors (Lipinski definition) is 5. The molecule has 0 spiro atoms. The highest BCUT2D eigenvalue weighted by atomic mass is 16.5. The molecule has 7 heteroatoms. The Morgan fingerprint density at radius 2 is 1.85 bits per heavy atom. The third-order valence-electron chi connectivity index (χ3n) is 7.50. The molecule has 0 N–H and O–H groups in total. The third kappa shape index (κ3) is 3.29. The number of hydrogen-bond donors (Lipinski definition) is 0. The minimum Gasteiger partial charge on any atom is -0.497 e. The maximum atomic E-state index is 5.55. The molecule has 1 unspecified atom stereocenters. The van der Waals surface area contributed by atoms with Gasteiger partial charge in [0, 0.05) is 36.2 Å². The molecule has 1 atom stereocenters. The molecule has 2 aromatic heterocycles. The van der Waals surface area contributed by atoms with Gasteiger partial charge in [0.15, 0.2) is 5.82 Å². The van der Waals surface area contributed by atoms with E-state index >= 15 is 0 Å². The summed E-state index contributed by atoms with van der Waals surface area (Å²) in [6.45, 7) is 0.899. The molecule has 0 amide bonds. The number of para-hydroxylation sites is 1. The van der Waals surface area contributed by atoms with Crippen LogP contribution in [0.15, 0.2) is 48.5 Å². The Kier molecular flexibility index (Phi) is 5.04. The number of aromatic nitrogens is 5. The van der Waals surface area contributed by atoms with Gasteiger partial charge in [0.25, 0.3) is 0 Å². The maximum absolute atomic E-state index is 5.55. The van der Waals surface area contributed by atoms with Crippen molar-refractivity contribution in [2.75, 3.05) is 18.6 Å². The van der Waals surface area contributed by atoms with Gasteiger partial charge in [0.1, 0.15) is 11.8 Å². The van der Waals surface area contributed by atoms with E-state index in [0.29, 0.717) is 6.04 Å². The van der Waals surface area contributed by atoms with Gasteiger partial charge in [0.05, 0.1) is 18.8 Å².